The molecule has 0 aliphatic carbocycles. The first kappa shape index (κ1) is 15.7. The third kappa shape index (κ3) is 6.00. The summed E-state index contributed by atoms with van der Waals surface area (Å²) < 4.78 is 10.0. The van der Waals surface area contributed by atoms with Crippen LogP contribution in [0.1, 0.15) is 5.56 Å². The molecule has 0 bridgehead atoms. The number of carbonyl (C=O) groups is 2. The summed E-state index contributed by atoms with van der Waals surface area (Å²) in [5.74, 6) is -1.08. The van der Waals surface area contributed by atoms with Crippen LogP contribution in [-0.4, -0.2) is 25.2 Å². The highest BCUT2D eigenvalue weighted by atomic mass is 16.5. The molecule has 0 N–H and O–H groups in total. The van der Waals surface area contributed by atoms with Crippen LogP contribution >= 0.6 is 0 Å². The molecule has 0 heterocycles. The van der Waals surface area contributed by atoms with Crippen molar-refractivity contribution in [2.75, 3.05) is 13.2 Å². The van der Waals surface area contributed by atoms with E-state index in [1.807, 2.05) is 30.3 Å². The number of carbonyl (C=O) groups excluding carboxylic acids is 2. The molecule has 0 radical (unpaired) electrons. The monoisotopic (exact) mass is 274 g/mol. The highest BCUT2D eigenvalue weighted by molar-refractivity contribution is 5.81. The van der Waals surface area contributed by atoms with Gasteiger partial charge in [0.15, 0.2) is 0 Å². The number of hydrogen-bond donors (Lipinski definition) is 0. The predicted octanol–water partition coefficient (Wildman–Crippen LogP) is 2.30. The van der Waals surface area contributed by atoms with Gasteiger partial charge in [-0.15, -0.1) is 0 Å². The summed E-state index contributed by atoms with van der Waals surface area (Å²) in [6.45, 7) is 7.02. The summed E-state index contributed by atoms with van der Waals surface area (Å²) in [5.41, 5.74) is 1.09. The van der Waals surface area contributed by atoms with Crippen molar-refractivity contribution in [3.8, 4) is 0 Å². The minimum absolute atomic E-state index is 0.106. The quantitative estimate of drug-likeness (QED) is 0.539. The number of esters is 2. The van der Waals surface area contributed by atoms with Gasteiger partial charge >= 0.3 is 11.9 Å². The lowest BCUT2D eigenvalue weighted by molar-refractivity contribution is -0.142. The zero-order valence-corrected chi connectivity index (χ0v) is 11.3. The number of rotatable bonds is 8. The van der Waals surface area contributed by atoms with Crippen molar-refractivity contribution in [2.45, 2.75) is 6.42 Å². The molecule has 0 saturated carbocycles. The summed E-state index contributed by atoms with van der Waals surface area (Å²) in [6, 6.07) is 9.72. The van der Waals surface area contributed by atoms with Gasteiger partial charge in [0.25, 0.3) is 0 Å². The second kappa shape index (κ2) is 8.69. The van der Waals surface area contributed by atoms with Gasteiger partial charge in [-0.25, -0.2) is 9.59 Å². The molecule has 0 aliphatic rings. The number of benzene rings is 1. The minimum atomic E-state index is -0.488. The molecule has 106 valence electrons. The van der Waals surface area contributed by atoms with E-state index < -0.39 is 11.9 Å². The largest absolute Gasteiger partial charge is 0.462 e. The van der Waals surface area contributed by atoms with Gasteiger partial charge in [0.05, 0.1) is 13.2 Å². The van der Waals surface area contributed by atoms with Crippen molar-refractivity contribution in [3.63, 3.8) is 0 Å². The summed E-state index contributed by atoms with van der Waals surface area (Å²) in [5, 5.41) is 0. The molecule has 1 aromatic carbocycles. The van der Waals surface area contributed by atoms with Gasteiger partial charge < -0.3 is 9.47 Å². The van der Waals surface area contributed by atoms with Crippen molar-refractivity contribution in [2.24, 2.45) is 5.92 Å². The molecule has 0 aliphatic heterocycles. The van der Waals surface area contributed by atoms with Crippen molar-refractivity contribution in [1.82, 2.24) is 0 Å². The lowest BCUT2D eigenvalue weighted by Gasteiger charge is -2.16. The molecular formula is C16H18O4. The fourth-order valence-corrected chi connectivity index (χ4v) is 1.63. The Morgan fingerprint density at radius 3 is 1.95 bits per heavy atom. The van der Waals surface area contributed by atoms with E-state index in [0.717, 1.165) is 17.7 Å². The smallest absolute Gasteiger partial charge is 0.330 e. The Bertz CT molecular complexity index is 441. The van der Waals surface area contributed by atoms with Gasteiger partial charge in [0.1, 0.15) is 0 Å². The molecule has 0 saturated heterocycles. The molecule has 4 nitrogen and oxygen atoms in total. The fraction of sp³-hybridized carbons (Fsp3) is 0.250. The van der Waals surface area contributed by atoms with E-state index in [1.165, 1.54) is 0 Å². The predicted molar refractivity (Wildman–Crippen MR) is 75.9 cm³/mol. The first-order valence-corrected chi connectivity index (χ1v) is 6.28. The first-order valence-electron chi connectivity index (χ1n) is 6.28. The molecule has 0 aromatic heterocycles. The van der Waals surface area contributed by atoms with Crippen molar-refractivity contribution in [3.05, 3.63) is 61.2 Å². The minimum Gasteiger partial charge on any atom is -0.462 e. The molecule has 0 unspecified atom stereocenters. The van der Waals surface area contributed by atoms with E-state index in [1.54, 1.807) is 0 Å². The van der Waals surface area contributed by atoms with E-state index in [-0.39, 0.29) is 19.1 Å². The second-order valence-electron chi connectivity index (χ2n) is 4.22. The van der Waals surface area contributed by atoms with Crippen LogP contribution in [-0.2, 0) is 25.5 Å². The highest BCUT2D eigenvalue weighted by Gasteiger charge is 2.14. The topological polar surface area (TPSA) is 52.6 Å². The standard InChI is InChI=1S/C16H18O4/c1-3-15(17)19-11-14(12-20-16(18)4-2)10-13-8-6-5-7-9-13/h3-9,14H,1-2,10-12H2. The van der Waals surface area contributed by atoms with E-state index >= 15 is 0 Å². The Labute approximate surface area is 118 Å². The lowest BCUT2D eigenvalue weighted by atomic mass is 10.0. The molecule has 0 amide bonds. The molecule has 4 heteroatoms. The molecule has 20 heavy (non-hydrogen) atoms. The summed E-state index contributed by atoms with van der Waals surface area (Å²) in [4.78, 5) is 22.2. The van der Waals surface area contributed by atoms with Crippen LogP contribution in [0.2, 0.25) is 0 Å². The summed E-state index contributed by atoms with van der Waals surface area (Å²) >= 11 is 0. The van der Waals surface area contributed by atoms with Crippen molar-refractivity contribution < 1.29 is 19.1 Å². The number of hydrogen-bond acceptors (Lipinski definition) is 4. The Morgan fingerprint density at radius 1 is 1.00 bits per heavy atom. The Hall–Kier alpha value is -2.36. The first-order chi connectivity index (χ1) is 9.65. The van der Waals surface area contributed by atoms with Crippen LogP contribution in [0, 0.1) is 5.92 Å². The van der Waals surface area contributed by atoms with Crippen LogP contribution in [0.5, 0.6) is 0 Å². The Balaban J connectivity index is 2.57. The highest BCUT2D eigenvalue weighted by Crippen LogP contribution is 2.10. The molecule has 0 atom stereocenters. The molecule has 1 aromatic rings. The Kier molecular flexibility index (Phi) is 6.82. The lowest BCUT2D eigenvalue weighted by Crippen LogP contribution is -2.22. The van der Waals surface area contributed by atoms with Gasteiger partial charge in [-0.1, -0.05) is 43.5 Å². The van der Waals surface area contributed by atoms with E-state index in [2.05, 4.69) is 13.2 Å². The second-order valence-corrected chi connectivity index (χ2v) is 4.22. The molecule has 0 fully saturated rings. The number of ether oxygens (including phenoxy) is 2. The van der Waals surface area contributed by atoms with Gasteiger partial charge in [-0.2, -0.15) is 0 Å². The van der Waals surface area contributed by atoms with Crippen molar-refractivity contribution >= 4 is 11.9 Å². The van der Waals surface area contributed by atoms with Crippen molar-refractivity contribution in [1.29, 1.82) is 0 Å². The zero-order chi connectivity index (χ0) is 14.8. The van der Waals surface area contributed by atoms with Crippen LogP contribution in [0.3, 0.4) is 0 Å². The van der Waals surface area contributed by atoms with E-state index in [0.29, 0.717) is 6.42 Å². The molecule has 0 spiro atoms. The molecular weight excluding hydrogens is 256 g/mol. The van der Waals surface area contributed by atoms with E-state index in [4.69, 9.17) is 9.47 Å². The maximum atomic E-state index is 11.1. The van der Waals surface area contributed by atoms with Crippen LogP contribution in [0.25, 0.3) is 0 Å². The zero-order valence-electron chi connectivity index (χ0n) is 11.3. The van der Waals surface area contributed by atoms with Gasteiger partial charge in [-0.05, 0) is 12.0 Å². The average Bonchev–Trinajstić information content (AvgIpc) is 2.50. The van der Waals surface area contributed by atoms with Gasteiger partial charge in [-0.3, -0.25) is 0 Å². The van der Waals surface area contributed by atoms with Crippen LogP contribution in [0.4, 0.5) is 0 Å². The SMILES string of the molecule is C=CC(=O)OCC(COC(=O)C=C)Cc1ccccc1. The van der Waals surface area contributed by atoms with Crippen LogP contribution < -0.4 is 0 Å². The third-order valence-electron chi connectivity index (χ3n) is 2.62. The average molecular weight is 274 g/mol. The maximum absolute atomic E-state index is 11.1. The van der Waals surface area contributed by atoms with E-state index in [9.17, 15) is 9.59 Å². The summed E-state index contributed by atoms with van der Waals surface area (Å²) in [7, 11) is 0. The van der Waals surface area contributed by atoms with Gasteiger partial charge in [0.2, 0.25) is 0 Å². The van der Waals surface area contributed by atoms with Gasteiger partial charge in [0, 0.05) is 18.1 Å². The third-order valence-corrected chi connectivity index (χ3v) is 2.62. The summed E-state index contributed by atoms with van der Waals surface area (Å²) in [6.07, 6.45) is 2.86. The Morgan fingerprint density at radius 2 is 1.50 bits per heavy atom. The fourth-order valence-electron chi connectivity index (χ4n) is 1.63. The maximum Gasteiger partial charge on any atom is 0.330 e. The molecule has 1 rings (SSSR count). The normalized spacial score (nSPS) is 9.85. The van der Waals surface area contributed by atoms with Crippen LogP contribution in [0.15, 0.2) is 55.6 Å².